The van der Waals surface area contributed by atoms with Gasteiger partial charge in [-0.3, -0.25) is 14.2 Å². The minimum Gasteiger partial charge on any atom is -0.469 e. The number of benzene rings is 1. The van der Waals surface area contributed by atoms with Crippen LogP contribution in [0.5, 0.6) is 0 Å². The van der Waals surface area contributed by atoms with Crippen LogP contribution in [0.4, 0.5) is 0 Å². The fourth-order valence-corrected chi connectivity index (χ4v) is 7.34. The molecule has 8 heteroatoms. The maximum atomic E-state index is 14.4. The highest BCUT2D eigenvalue weighted by atomic mass is 16.5. The molecule has 6 rings (SSSR count). The third kappa shape index (κ3) is 10.9. The van der Waals surface area contributed by atoms with Gasteiger partial charge in [0.15, 0.2) is 0 Å². The highest BCUT2D eigenvalue weighted by Crippen LogP contribution is 2.66. The lowest BCUT2D eigenvalue weighted by molar-refractivity contribution is -0.137. The van der Waals surface area contributed by atoms with Gasteiger partial charge < -0.3 is 9.47 Å². The van der Waals surface area contributed by atoms with Crippen molar-refractivity contribution >= 4 is 17.3 Å². The molecule has 54 heavy (non-hydrogen) atoms. The number of aromatic nitrogens is 4. The SMILES string of the molecule is C=C(C)C12CC1C=CC=C2c1ccc(Cc2c(CCC)n3ncnc3n(C3CCC(OCC(C)(C)CC)CC3)c2=O)cc1.CC.CC.CC.COC(C)=O. The Bertz CT molecular complexity index is 1740. The lowest BCUT2D eigenvalue weighted by Gasteiger charge is -2.32. The van der Waals surface area contributed by atoms with Crippen molar-refractivity contribution in [2.75, 3.05) is 13.7 Å². The molecule has 2 atom stereocenters. The summed E-state index contributed by atoms with van der Waals surface area (Å²) in [6.45, 7) is 29.5. The first-order valence-corrected chi connectivity index (χ1v) is 20.7. The Balaban J connectivity index is 0.000000826. The van der Waals surface area contributed by atoms with Crippen LogP contribution in [0.2, 0.25) is 0 Å². The van der Waals surface area contributed by atoms with Gasteiger partial charge in [-0.1, -0.05) is 130 Å². The second-order valence-electron chi connectivity index (χ2n) is 14.7. The summed E-state index contributed by atoms with van der Waals surface area (Å²) < 4.78 is 14.3. The molecule has 2 saturated carbocycles. The first-order valence-electron chi connectivity index (χ1n) is 20.7. The van der Waals surface area contributed by atoms with Crippen molar-refractivity contribution in [2.24, 2.45) is 16.7 Å². The third-order valence-electron chi connectivity index (χ3n) is 10.8. The normalized spacial score (nSPS) is 20.9. The van der Waals surface area contributed by atoms with Crippen molar-refractivity contribution in [3.63, 3.8) is 0 Å². The standard InChI is InChI=1S/C37H48N4O2.C3H6O2.3C2H6/c1-7-10-33-31(21-26-13-15-27(16-14-26)32-12-9-11-28-22-37(28,32)25(3)4)34(42)40(35-38-24-39-41(33)35)29-17-19-30(20-18-29)43-23-36(5,6)8-2;1-3(4)5-2;3*1-2/h9,11-16,24,28-30H,3,7-8,10,17-23H2,1-2,4-6H3;1-2H3;3*1-2H3. The molecule has 3 aliphatic rings. The van der Waals surface area contributed by atoms with Crippen molar-refractivity contribution in [3.05, 3.63) is 93.7 Å². The molecule has 2 unspecified atom stereocenters. The molecule has 0 amide bonds. The van der Waals surface area contributed by atoms with Gasteiger partial charge in [0, 0.05) is 30.4 Å². The summed E-state index contributed by atoms with van der Waals surface area (Å²) in [5.41, 5.74) is 7.21. The summed E-state index contributed by atoms with van der Waals surface area (Å²) in [7, 11) is 1.35. The van der Waals surface area contributed by atoms with E-state index in [1.165, 1.54) is 30.7 Å². The molecule has 1 aromatic carbocycles. The van der Waals surface area contributed by atoms with E-state index in [-0.39, 0.29) is 34.5 Å². The molecule has 0 saturated heterocycles. The maximum Gasteiger partial charge on any atom is 0.302 e. The zero-order chi connectivity index (χ0) is 40.6. The smallest absolute Gasteiger partial charge is 0.302 e. The summed E-state index contributed by atoms with van der Waals surface area (Å²) in [5, 5.41) is 4.63. The van der Waals surface area contributed by atoms with Crippen molar-refractivity contribution in [1.29, 1.82) is 0 Å². The highest BCUT2D eigenvalue weighted by molar-refractivity contribution is 5.80. The summed E-state index contributed by atoms with van der Waals surface area (Å²) in [6, 6.07) is 8.96. The molecule has 3 aromatic rings. The lowest BCUT2D eigenvalue weighted by atomic mass is 9.80. The second-order valence-corrected chi connectivity index (χ2v) is 14.7. The minimum absolute atomic E-state index is 0.0895. The fourth-order valence-electron chi connectivity index (χ4n) is 7.34. The van der Waals surface area contributed by atoms with Crippen LogP contribution in [0.25, 0.3) is 11.4 Å². The number of esters is 1. The Morgan fingerprint density at radius 3 is 2.15 bits per heavy atom. The molecular weight excluding hydrogens is 673 g/mol. The van der Waals surface area contributed by atoms with Gasteiger partial charge in [0.25, 0.3) is 5.56 Å². The number of allylic oxidation sites excluding steroid dienone is 5. The predicted octanol–water partition coefficient (Wildman–Crippen LogP) is 11.2. The van der Waals surface area contributed by atoms with Gasteiger partial charge in [-0.05, 0) is 79.9 Å². The van der Waals surface area contributed by atoms with Gasteiger partial charge >= 0.3 is 5.97 Å². The van der Waals surface area contributed by atoms with E-state index in [4.69, 9.17) is 4.74 Å². The Morgan fingerprint density at radius 2 is 1.61 bits per heavy atom. The van der Waals surface area contributed by atoms with E-state index in [9.17, 15) is 9.59 Å². The van der Waals surface area contributed by atoms with Crippen LogP contribution in [0, 0.1) is 16.7 Å². The molecule has 0 bridgehead atoms. The number of aryl methyl sites for hydroxylation is 1. The van der Waals surface area contributed by atoms with Gasteiger partial charge in [-0.15, -0.1) is 0 Å². The maximum absolute atomic E-state index is 14.4. The minimum atomic E-state index is -0.245. The van der Waals surface area contributed by atoms with Crippen molar-refractivity contribution in [1.82, 2.24) is 19.2 Å². The number of hydrogen-bond donors (Lipinski definition) is 0. The molecule has 0 aliphatic heterocycles. The molecule has 8 nitrogen and oxygen atoms in total. The summed E-state index contributed by atoms with van der Waals surface area (Å²) >= 11 is 0. The largest absolute Gasteiger partial charge is 0.469 e. The molecule has 2 aromatic heterocycles. The number of fused-ring (bicyclic) bond motifs is 2. The van der Waals surface area contributed by atoms with Gasteiger partial charge in [-0.2, -0.15) is 10.1 Å². The number of nitrogens with zero attached hydrogens (tertiary/aromatic N) is 4. The quantitative estimate of drug-likeness (QED) is 0.143. The van der Waals surface area contributed by atoms with Crippen molar-refractivity contribution in [2.45, 2.75) is 153 Å². The lowest BCUT2D eigenvalue weighted by Crippen LogP contribution is -2.35. The number of carbonyl (C=O) groups is 1. The van der Waals surface area contributed by atoms with Crippen LogP contribution in [0.15, 0.2) is 65.8 Å². The molecule has 300 valence electrons. The van der Waals surface area contributed by atoms with Crippen molar-refractivity contribution < 1.29 is 14.3 Å². The van der Waals surface area contributed by atoms with E-state index < -0.39 is 0 Å². The van der Waals surface area contributed by atoms with E-state index in [1.54, 1.807) is 6.33 Å². The zero-order valence-electron chi connectivity index (χ0n) is 36.1. The highest BCUT2D eigenvalue weighted by Gasteiger charge is 2.56. The third-order valence-corrected chi connectivity index (χ3v) is 10.8. The van der Waals surface area contributed by atoms with E-state index in [0.29, 0.717) is 18.1 Å². The zero-order valence-corrected chi connectivity index (χ0v) is 36.1. The van der Waals surface area contributed by atoms with Crippen LogP contribution in [0.1, 0.15) is 156 Å². The molecule has 3 aliphatic carbocycles. The first kappa shape index (κ1) is 46.4. The summed E-state index contributed by atoms with van der Waals surface area (Å²) in [5.74, 6) is 0.995. The van der Waals surface area contributed by atoms with E-state index >= 15 is 0 Å². The topological polar surface area (TPSA) is 87.7 Å². The van der Waals surface area contributed by atoms with E-state index in [1.807, 2.05) is 50.6 Å². The van der Waals surface area contributed by atoms with Crippen LogP contribution >= 0.6 is 0 Å². The molecule has 0 N–H and O–H groups in total. The number of hydrogen-bond acceptors (Lipinski definition) is 6. The number of ether oxygens (including phenoxy) is 2. The Morgan fingerprint density at radius 1 is 1.00 bits per heavy atom. The average molecular weight is 745 g/mol. The van der Waals surface area contributed by atoms with E-state index in [0.717, 1.165) is 74.8 Å². The number of rotatable bonds is 11. The van der Waals surface area contributed by atoms with Gasteiger partial charge in [0.1, 0.15) is 6.33 Å². The Labute approximate surface area is 327 Å². The summed E-state index contributed by atoms with van der Waals surface area (Å²) in [4.78, 5) is 28.6. The van der Waals surface area contributed by atoms with Crippen LogP contribution in [0.3, 0.4) is 0 Å². The number of carbonyl (C=O) groups excluding carboxylic acids is 1. The molecule has 0 spiro atoms. The van der Waals surface area contributed by atoms with Gasteiger partial charge in [0.2, 0.25) is 5.78 Å². The van der Waals surface area contributed by atoms with Gasteiger partial charge in [-0.25, -0.2) is 4.52 Å². The fraction of sp³-hybridized carbons (Fsp3) is 0.609. The van der Waals surface area contributed by atoms with Crippen LogP contribution in [-0.4, -0.2) is 45.0 Å². The summed E-state index contributed by atoms with van der Waals surface area (Å²) in [6.07, 6.45) is 16.9. The molecule has 0 radical (unpaired) electrons. The molecule has 2 heterocycles. The van der Waals surface area contributed by atoms with E-state index in [2.05, 4.69) is 98.5 Å². The monoisotopic (exact) mass is 745 g/mol. The Hall–Kier alpha value is -3.78. The van der Waals surface area contributed by atoms with Gasteiger partial charge in [0.05, 0.1) is 25.5 Å². The molecular formula is C46H72N4O4. The number of methoxy groups -OCH3 is 1. The predicted molar refractivity (Wildman–Crippen MR) is 226 cm³/mol. The van der Waals surface area contributed by atoms with Crippen LogP contribution in [-0.2, 0) is 27.1 Å². The van der Waals surface area contributed by atoms with Crippen molar-refractivity contribution in [3.8, 4) is 0 Å². The Kier molecular flexibility index (Phi) is 18.8. The molecule has 2 fully saturated rings. The second kappa shape index (κ2) is 21.9. The van der Waals surface area contributed by atoms with Crippen LogP contribution < -0.4 is 5.56 Å². The first-order chi connectivity index (χ1) is 25.9. The average Bonchev–Trinajstić information content (AvgIpc) is 3.80.